The lowest BCUT2D eigenvalue weighted by Crippen LogP contribution is -2.57. The molecule has 0 saturated carbocycles. The van der Waals surface area contributed by atoms with Crippen molar-refractivity contribution in [3.63, 3.8) is 0 Å². The SMILES string of the molecule is CCCCOC[C@H]1O[C@H](C(F)(F)CCC(=O)OCC)C[C@@H](OCCCC)[C@H]1OCCCC. The van der Waals surface area contributed by atoms with Gasteiger partial charge >= 0.3 is 5.97 Å². The summed E-state index contributed by atoms with van der Waals surface area (Å²) >= 11 is 0. The average molecular weight is 467 g/mol. The molecule has 4 atom stereocenters. The zero-order valence-corrected chi connectivity index (χ0v) is 20.4. The van der Waals surface area contributed by atoms with Gasteiger partial charge in [0.05, 0.1) is 25.7 Å². The van der Waals surface area contributed by atoms with E-state index in [0.717, 1.165) is 38.5 Å². The van der Waals surface area contributed by atoms with Crippen LogP contribution >= 0.6 is 0 Å². The highest BCUT2D eigenvalue weighted by atomic mass is 19.3. The summed E-state index contributed by atoms with van der Waals surface area (Å²) in [5, 5.41) is 0. The van der Waals surface area contributed by atoms with Crippen LogP contribution in [0, 0.1) is 0 Å². The third-order valence-corrected chi connectivity index (χ3v) is 5.52. The van der Waals surface area contributed by atoms with Gasteiger partial charge in [0.2, 0.25) is 0 Å². The van der Waals surface area contributed by atoms with Crippen LogP contribution in [0.2, 0.25) is 0 Å². The highest BCUT2D eigenvalue weighted by molar-refractivity contribution is 5.69. The first-order valence-electron chi connectivity index (χ1n) is 12.4. The summed E-state index contributed by atoms with van der Waals surface area (Å²) in [5.74, 6) is -3.81. The molecule has 1 heterocycles. The Balaban J connectivity index is 2.92. The maximum Gasteiger partial charge on any atom is 0.305 e. The molecule has 1 aliphatic rings. The van der Waals surface area contributed by atoms with Gasteiger partial charge in [0.1, 0.15) is 18.3 Å². The van der Waals surface area contributed by atoms with E-state index < -0.39 is 42.7 Å². The molecule has 0 spiro atoms. The van der Waals surface area contributed by atoms with Crippen LogP contribution in [0.5, 0.6) is 0 Å². The van der Waals surface area contributed by atoms with Crippen LogP contribution in [0.15, 0.2) is 0 Å². The van der Waals surface area contributed by atoms with E-state index in [9.17, 15) is 4.79 Å². The van der Waals surface area contributed by atoms with Gasteiger partial charge in [-0.1, -0.05) is 40.0 Å². The molecule has 0 aromatic heterocycles. The number of hydrogen-bond acceptors (Lipinski definition) is 6. The fourth-order valence-corrected chi connectivity index (χ4v) is 3.56. The summed E-state index contributed by atoms with van der Waals surface area (Å²) in [5.41, 5.74) is 0. The van der Waals surface area contributed by atoms with Crippen LogP contribution in [-0.4, -0.2) is 69.3 Å². The second-order valence-electron chi connectivity index (χ2n) is 8.35. The molecule has 1 rings (SSSR count). The highest BCUT2D eigenvalue weighted by Crippen LogP contribution is 2.37. The fourth-order valence-electron chi connectivity index (χ4n) is 3.56. The predicted octanol–water partition coefficient (Wildman–Crippen LogP) is 5.31. The molecule has 1 aliphatic heterocycles. The highest BCUT2D eigenvalue weighted by Gasteiger charge is 2.50. The first-order chi connectivity index (χ1) is 15.4. The summed E-state index contributed by atoms with van der Waals surface area (Å²) in [6.07, 6.45) is 1.58. The number of carbonyl (C=O) groups is 1. The lowest BCUT2D eigenvalue weighted by atomic mass is 9.92. The van der Waals surface area contributed by atoms with Crippen molar-refractivity contribution >= 4 is 5.97 Å². The molecule has 0 aromatic rings. The van der Waals surface area contributed by atoms with Gasteiger partial charge in [-0.2, -0.15) is 0 Å². The molecule has 1 saturated heterocycles. The Morgan fingerprint density at radius 1 is 0.969 bits per heavy atom. The van der Waals surface area contributed by atoms with Gasteiger partial charge in [0.25, 0.3) is 5.92 Å². The van der Waals surface area contributed by atoms with Crippen molar-refractivity contribution in [3.8, 4) is 0 Å². The van der Waals surface area contributed by atoms with E-state index in [0.29, 0.717) is 19.8 Å². The molecular formula is C24H44F2O6. The van der Waals surface area contributed by atoms with Crippen LogP contribution < -0.4 is 0 Å². The Hall–Kier alpha value is -0.830. The summed E-state index contributed by atoms with van der Waals surface area (Å²) in [6.45, 7) is 9.74. The third-order valence-electron chi connectivity index (χ3n) is 5.52. The maximum atomic E-state index is 15.1. The van der Waals surface area contributed by atoms with E-state index in [-0.39, 0.29) is 26.1 Å². The van der Waals surface area contributed by atoms with Crippen LogP contribution in [-0.2, 0) is 28.5 Å². The molecule has 190 valence electrons. The smallest absolute Gasteiger partial charge is 0.305 e. The van der Waals surface area contributed by atoms with Gasteiger partial charge in [-0.05, 0) is 26.2 Å². The van der Waals surface area contributed by atoms with E-state index in [4.69, 9.17) is 23.7 Å². The van der Waals surface area contributed by atoms with Crippen LogP contribution in [0.25, 0.3) is 0 Å². The summed E-state index contributed by atoms with van der Waals surface area (Å²) in [6, 6.07) is 0. The van der Waals surface area contributed by atoms with Gasteiger partial charge in [-0.25, -0.2) is 8.78 Å². The molecule has 0 amide bonds. The maximum absolute atomic E-state index is 15.1. The minimum Gasteiger partial charge on any atom is -0.466 e. The number of hydrogen-bond donors (Lipinski definition) is 0. The second-order valence-corrected chi connectivity index (χ2v) is 8.35. The standard InChI is InChI=1S/C24H44F2O6/c1-5-9-14-28-18-20-23(31-16-11-7-3)19(30-15-10-6-2)17-21(32-20)24(25,26)13-12-22(27)29-8-4/h19-21,23H,5-18H2,1-4H3/t19-,20-,21+,23-/m1/s1. The Morgan fingerprint density at radius 3 is 2.22 bits per heavy atom. The van der Waals surface area contributed by atoms with Gasteiger partial charge in [0, 0.05) is 32.7 Å². The van der Waals surface area contributed by atoms with E-state index in [2.05, 4.69) is 20.8 Å². The average Bonchev–Trinajstić information content (AvgIpc) is 2.77. The lowest BCUT2D eigenvalue weighted by molar-refractivity contribution is -0.259. The molecule has 0 aromatic carbocycles. The molecule has 0 radical (unpaired) electrons. The number of halogens is 2. The molecule has 0 unspecified atom stereocenters. The quantitative estimate of drug-likeness (QED) is 0.202. The Kier molecular flexibility index (Phi) is 15.3. The molecule has 32 heavy (non-hydrogen) atoms. The van der Waals surface area contributed by atoms with Crippen molar-refractivity contribution in [2.45, 2.75) is 116 Å². The molecule has 8 heteroatoms. The normalized spacial score (nSPS) is 23.9. The number of rotatable bonds is 18. The number of ether oxygens (including phenoxy) is 5. The molecule has 6 nitrogen and oxygen atoms in total. The van der Waals surface area contributed by atoms with E-state index in [1.807, 2.05) is 0 Å². The third kappa shape index (κ3) is 10.9. The zero-order valence-electron chi connectivity index (χ0n) is 20.4. The van der Waals surface area contributed by atoms with Crippen LogP contribution in [0.4, 0.5) is 8.78 Å². The molecule has 0 aliphatic carbocycles. The van der Waals surface area contributed by atoms with Crippen molar-refractivity contribution in [1.82, 2.24) is 0 Å². The number of esters is 1. The number of carbonyl (C=O) groups excluding carboxylic acids is 1. The van der Waals surface area contributed by atoms with Crippen molar-refractivity contribution in [2.24, 2.45) is 0 Å². The van der Waals surface area contributed by atoms with Gasteiger partial charge in [-0.3, -0.25) is 4.79 Å². The molecule has 0 N–H and O–H groups in total. The largest absolute Gasteiger partial charge is 0.466 e. The fraction of sp³-hybridized carbons (Fsp3) is 0.958. The van der Waals surface area contributed by atoms with Crippen LogP contribution in [0.3, 0.4) is 0 Å². The second kappa shape index (κ2) is 16.7. The Morgan fingerprint density at radius 2 is 1.59 bits per heavy atom. The lowest BCUT2D eigenvalue weighted by Gasteiger charge is -2.43. The van der Waals surface area contributed by atoms with Gasteiger partial charge in [0.15, 0.2) is 0 Å². The first kappa shape index (κ1) is 29.2. The van der Waals surface area contributed by atoms with Gasteiger partial charge < -0.3 is 23.7 Å². The van der Waals surface area contributed by atoms with E-state index in [1.54, 1.807) is 6.92 Å². The Labute approximate surface area is 192 Å². The van der Waals surface area contributed by atoms with E-state index in [1.165, 1.54) is 0 Å². The predicted molar refractivity (Wildman–Crippen MR) is 119 cm³/mol. The van der Waals surface area contributed by atoms with Crippen molar-refractivity contribution in [3.05, 3.63) is 0 Å². The summed E-state index contributed by atoms with van der Waals surface area (Å²) < 4.78 is 58.6. The van der Waals surface area contributed by atoms with Crippen LogP contribution in [0.1, 0.15) is 85.5 Å². The summed E-state index contributed by atoms with van der Waals surface area (Å²) in [7, 11) is 0. The number of unbranched alkanes of at least 4 members (excludes halogenated alkanes) is 3. The first-order valence-corrected chi connectivity index (χ1v) is 12.4. The molecular weight excluding hydrogens is 422 g/mol. The minimum atomic E-state index is -3.19. The monoisotopic (exact) mass is 466 g/mol. The minimum absolute atomic E-state index is 0.0157. The topological polar surface area (TPSA) is 63.2 Å². The molecule has 1 fully saturated rings. The van der Waals surface area contributed by atoms with Crippen molar-refractivity contribution < 1.29 is 37.3 Å². The van der Waals surface area contributed by atoms with Gasteiger partial charge in [-0.15, -0.1) is 0 Å². The molecule has 0 bridgehead atoms. The zero-order chi connectivity index (χ0) is 23.8. The summed E-state index contributed by atoms with van der Waals surface area (Å²) in [4.78, 5) is 11.6. The van der Waals surface area contributed by atoms with E-state index >= 15 is 8.78 Å². The van der Waals surface area contributed by atoms with Crippen molar-refractivity contribution in [2.75, 3.05) is 33.0 Å². The van der Waals surface area contributed by atoms with Crippen molar-refractivity contribution in [1.29, 1.82) is 0 Å². The Bertz CT molecular complexity index is 491. The number of alkyl halides is 2.